The molecule has 0 saturated carbocycles. The molecule has 0 bridgehead atoms. The Balaban J connectivity index is 2.30. The molecule has 0 spiro atoms. The first-order valence-electron chi connectivity index (χ1n) is 5.85. The van der Waals surface area contributed by atoms with E-state index in [0.29, 0.717) is 0 Å². The zero-order valence-corrected chi connectivity index (χ0v) is 11.8. The predicted octanol–water partition coefficient (Wildman–Crippen LogP) is 2.00. The number of nitrogens with one attached hydrogen (secondary N) is 1. The van der Waals surface area contributed by atoms with Crippen molar-refractivity contribution in [1.82, 2.24) is 20.2 Å². The van der Waals surface area contributed by atoms with Gasteiger partial charge in [-0.15, -0.1) is 0 Å². The van der Waals surface area contributed by atoms with Gasteiger partial charge in [0.15, 0.2) is 0 Å². The standard InChI is InChI=1S/C12H16BrN5/c1-2-6-18-8-9(7-16-18)11(17-14)12-10(13)4-3-5-15-12/h3-5,7-8,11,17H,2,6,14H2,1H3. The van der Waals surface area contributed by atoms with Gasteiger partial charge in [0, 0.05) is 29.0 Å². The van der Waals surface area contributed by atoms with E-state index in [1.54, 1.807) is 6.20 Å². The first-order valence-corrected chi connectivity index (χ1v) is 6.64. The van der Waals surface area contributed by atoms with Gasteiger partial charge in [0.2, 0.25) is 0 Å². The van der Waals surface area contributed by atoms with Crippen LogP contribution in [0.5, 0.6) is 0 Å². The lowest BCUT2D eigenvalue weighted by molar-refractivity contribution is 0.594. The van der Waals surface area contributed by atoms with E-state index >= 15 is 0 Å². The number of halogens is 1. The molecule has 0 radical (unpaired) electrons. The number of hydrogen-bond donors (Lipinski definition) is 2. The molecule has 0 aromatic carbocycles. The Morgan fingerprint density at radius 3 is 3.06 bits per heavy atom. The summed E-state index contributed by atoms with van der Waals surface area (Å²) in [6, 6.07) is 3.66. The normalized spacial score (nSPS) is 12.6. The van der Waals surface area contributed by atoms with Gasteiger partial charge in [-0.1, -0.05) is 6.92 Å². The van der Waals surface area contributed by atoms with Gasteiger partial charge in [-0.2, -0.15) is 5.10 Å². The minimum Gasteiger partial charge on any atom is -0.272 e. The number of hydrogen-bond acceptors (Lipinski definition) is 4. The summed E-state index contributed by atoms with van der Waals surface area (Å²) in [4.78, 5) is 4.35. The Labute approximate surface area is 115 Å². The van der Waals surface area contributed by atoms with E-state index in [-0.39, 0.29) is 6.04 Å². The Hall–Kier alpha value is -1.24. The highest BCUT2D eigenvalue weighted by Crippen LogP contribution is 2.25. The molecule has 5 nitrogen and oxygen atoms in total. The molecule has 0 amide bonds. The second kappa shape index (κ2) is 6.08. The molecule has 96 valence electrons. The van der Waals surface area contributed by atoms with Crippen LogP contribution in [0, 0.1) is 0 Å². The molecule has 0 aliphatic heterocycles. The summed E-state index contributed by atoms with van der Waals surface area (Å²) in [5.74, 6) is 5.64. The van der Waals surface area contributed by atoms with Crippen LogP contribution in [-0.4, -0.2) is 14.8 Å². The van der Waals surface area contributed by atoms with Crippen LogP contribution in [0.2, 0.25) is 0 Å². The summed E-state index contributed by atoms with van der Waals surface area (Å²) in [5.41, 5.74) is 4.65. The molecule has 0 aliphatic carbocycles. The lowest BCUT2D eigenvalue weighted by atomic mass is 10.1. The molecule has 0 fully saturated rings. The van der Waals surface area contributed by atoms with Crippen molar-refractivity contribution in [3.05, 3.63) is 46.5 Å². The van der Waals surface area contributed by atoms with E-state index in [9.17, 15) is 0 Å². The molecular formula is C12H16BrN5. The van der Waals surface area contributed by atoms with Crippen molar-refractivity contribution < 1.29 is 0 Å². The zero-order chi connectivity index (χ0) is 13.0. The molecule has 6 heteroatoms. The molecule has 2 heterocycles. The monoisotopic (exact) mass is 309 g/mol. The average Bonchev–Trinajstić information content (AvgIpc) is 2.82. The van der Waals surface area contributed by atoms with Gasteiger partial charge in [-0.3, -0.25) is 15.5 Å². The Morgan fingerprint density at radius 2 is 2.39 bits per heavy atom. The molecule has 0 aliphatic rings. The van der Waals surface area contributed by atoms with E-state index in [2.05, 4.69) is 38.4 Å². The number of aromatic nitrogens is 3. The lowest BCUT2D eigenvalue weighted by Gasteiger charge is -2.14. The van der Waals surface area contributed by atoms with Gasteiger partial charge in [0.1, 0.15) is 0 Å². The first-order chi connectivity index (χ1) is 8.76. The van der Waals surface area contributed by atoms with Crippen LogP contribution in [0.25, 0.3) is 0 Å². The summed E-state index contributed by atoms with van der Waals surface area (Å²) in [6.07, 6.45) is 6.62. The predicted molar refractivity (Wildman–Crippen MR) is 73.6 cm³/mol. The molecule has 2 aromatic heterocycles. The topological polar surface area (TPSA) is 68.8 Å². The van der Waals surface area contributed by atoms with Crippen LogP contribution < -0.4 is 11.3 Å². The van der Waals surface area contributed by atoms with Crippen LogP contribution in [-0.2, 0) is 6.54 Å². The van der Waals surface area contributed by atoms with E-state index in [0.717, 1.165) is 28.7 Å². The molecule has 2 aromatic rings. The highest BCUT2D eigenvalue weighted by molar-refractivity contribution is 9.10. The van der Waals surface area contributed by atoms with Gasteiger partial charge in [0.25, 0.3) is 0 Å². The van der Waals surface area contributed by atoms with Crippen molar-refractivity contribution in [3.63, 3.8) is 0 Å². The quantitative estimate of drug-likeness (QED) is 0.655. The van der Waals surface area contributed by atoms with Gasteiger partial charge < -0.3 is 0 Å². The Bertz CT molecular complexity index is 511. The molecule has 2 rings (SSSR count). The summed E-state index contributed by atoms with van der Waals surface area (Å²) in [7, 11) is 0. The van der Waals surface area contributed by atoms with Crippen LogP contribution in [0.15, 0.2) is 35.2 Å². The molecule has 0 saturated heterocycles. The molecule has 1 atom stereocenters. The fraction of sp³-hybridized carbons (Fsp3) is 0.333. The number of nitrogens with two attached hydrogens (primary N) is 1. The number of pyridine rings is 1. The van der Waals surface area contributed by atoms with Crippen molar-refractivity contribution in [2.45, 2.75) is 25.9 Å². The van der Waals surface area contributed by atoms with Crippen molar-refractivity contribution in [2.75, 3.05) is 0 Å². The average molecular weight is 310 g/mol. The maximum absolute atomic E-state index is 5.64. The van der Waals surface area contributed by atoms with Gasteiger partial charge >= 0.3 is 0 Å². The fourth-order valence-corrected chi connectivity index (χ4v) is 2.31. The largest absolute Gasteiger partial charge is 0.272 e. The second-order valence-electron chi connectivity index (χ2n) is 4.01. The van der Waals surface area contributed by atoms with Gasteiger partial charge in [-0.05, 0) is 34.5 Å². The summed E-state index contributed by atoms with van der Waals surface area (Å²) in [5, 5.41) is 4.31. The minimum atomic E-state index is -0.161. The Kier molecular flexibility index (Phi) is 4.46. The van der Waals surface area contributed by atoms with Crippen molar-refractivity contribution >= 4 is 15.9 Å². The van der Waals surface area contributed by atoms with Gasteiger partial charge in [-0.25, -0.2) is 5.43 Å². The SMILES string of the molecule is CCCn1cc(C(NN)c2ncccc2Br)cn1. The highest BCUT2D eigenvalue weighted by atomic mass is 79.9. The van der Waals surface area contributed by atoms with Gasteiger partial charge in [0.05, 0.1) is 17.9 Å². The summed E-state index contributed by atoms with van der Waals surface area (Å²) >= 11 is 3.49. The third-order valence-corrected chi connectivity index (χ3v) is 3.34. The van der Waals surface area contributed by atoms with E-state index < -0.39 is 0 Å². The van der Waals surface area contributed by atoms with Crippen LogP contribution in [0.1, 0.15) is 30.6 Å². The zero-order valence-electron chi connectivity index (χ0n) is 10.2. The smallest absolute Gasteiger partial charge is 0.0923 e. The van der Waals surface area contributed by atoms with Crippen molar-refractivity contribution in [3.8, 4) is 0 Å². The summed E-state index contributed by atoms with van der Waals surface area (Å²) in [6.45, 7) is 3.02. The minimum absolute atomic E-state index is 0.161. The van der Waals surface area contributed by atoms with E-state index in [1.807, 2.05) is 29.2 Å². The fourth-order valence-electron chi connectivity index (χ4n) is 1.82. The number of nitrogens with zero attached hydrogens (tertiary/aromatic N) is 3. The molecule has 3 N–H and O–H groups in total. The molecule has 18 heavy (non-hydrogen) atoms. The maximum atomic E-state index is 5.64. The lowest BCUT2D eigenvalue weighted by Crippen LogP contribution is -2.29. The number of aryl methyl sites for hydroxylation is 1. The second-order valence-corrected chi connectivity index (χ2v) is 4.86. The van der Waals surface area contributed by atoms with Crippen LogP contribution in [0.4, 0.5) is 0 Å². The van der Waals surface area contributed by atoms with Crippen molar-refractivity contribution in [1.29, 1.82) is 0 Å². The van der Waals surface area contributed by atoms with E-state index in [4.69, 9.17) is 5.84 Å². The number of hydrazine groups is 1. The highest BCUT2D eigenvalue weighted by Gasteiger charge is 2.18. The maximum Gasteiger partial charge on any atom is 0.0923 e. The van der Waals surface area contributed by atoms with Crippen LogP contribution in [0.3, 0.4) is 0 Å². The third kappa shape index (κ3) is 2.77. The van der Waals surface area contributed by atoms with E-state index in [1.165, 1.54) is 0 Å². The first kappa shape index (κ1) is 13.2. The Morgan fingerprint density at radius 1 is 1.56 bits per heavy atom. The molecular weight excluding hydrogens is 294 g/mol. The van der Waals surface area contributed by atoms with Crippen molar-refractivity contribution in [2.24, 2.45) is 5.84 Å². The molecule has 1 unspecified atom stereocenters. The number of rotatable bonds is 5. The summed E-state index contributed by atoms with van der Waals surface area (Å²) < 4.78 is 2.84. The van der Waals surface area contributed by atoms with Crippen LogP contribution >= 0.6 is 15.9 Å². The third-order valence-electron chi connectivity index (χ3n) is 2.67.